The van der Waals surface area contributed by atoms with Gasteiger partial charge in [-0.1, -0.05) is 22.0 Å². The highest BCUT2D eigenvalue weighted by Crippen LogP contribution is 2.48. The molecule has 1 aliphatic carbocycles. The maximum atomic E-state index is 10.6. The van der Waals surface area contributed by atoms with Gasteiger partial charge >= 0.3 is 0 Å². The van der Waals surface area contributed by atoms with Crippen molar-refractivity contribution in [3.63, 3.8) is 0 Å². The topological polar surface area (TPSA) is 49.3 Å². The van der Waals surface area contributed by atoms with Crippen LogP contribution in [0.25, 0.3) is 0 Å². The summed E-state index contributed by atoms with van der Waals surface area (Å²) in [6.45, 7) is 2.62. The van der Waals surface area contributed by atoms with E-state index in [-0.39, 0.29) is 5.41 Å². The molecular formula is C11H14BrNO2S. The number of benzene rings is 1. The van der Waals surface area contributed by atoms with E-state index in [1.165, 1.54) is 11.1 Å². The van der Waals surface area contributed by atoms with E-state index >= 15 is 0 Å². The molecule has 0 heterocycles. The zero-order valence-corrected chi connectivity index (χ0v) is 11.4. The summed E-state index contributed by atoms with van der Waals surface area (Å²) in [4.78, 5) is 0. The molecule has 2 rings (SSSR count). The highest BCUT2D eigenvalue weighted by Gasteiger charge is 2.44. The molecule has 1 aliphatic rings. The van der Waals surface area contributed by atoms with Crippen LogP contribution >= 0.6 is 15.9 Å². The maximum Gasteiger partial charge on any atom is 0.231 e. The molecule has 0 amide bonds. The average Bonchev–Trinajstić information content (AvgIpc) is 2.94. The molecular weight excluding hydrogens is 290 g/mol. The van der Waals surface area contributed by atoms with Crippen molar-refractivity contribution in [3.8, 4) is 0 Å². The number of aryl methyl sites for hydroxylation is 1. The van der Waals surface area contributed by atoms with E-state index in [2.05, 4.69) is 45.8 Å². The summed E-state index contributed by atoms with van der Waals surface area (Å²) in [5.41, 5.74) is 2.52. The molecule has 1 aromatic rings. The minimum atomic E-state index is -1.92. The van der Waals surface area contributed by atoms with Gasteiger partial charge in [0.05, 0.1) is 0 Å². The van der Waals surface area contributed by atoms with Gasteiger partial charge in [-0.2, -0.15) is 0 Å². The summed E-state index contributed by atoms with van der Waals surface area (Å²) >= 11 is 1.57. The number of hydrogen-bond acceptors (Lipinski definition) is 1. The van der Waals surface area contributed by atoms with Crippen LogP contribution in [0.15, 0.2) is 22.7 Å². The van der Waals surface area contributed by atoms with E-state index in [1.54, 1.807) is 0 Å². The van der Waals surface area contributed by atoms with Crippen LogP contribution in [0.3, 0.4) is 0 Å². The van der Waals surface area contributed by atoms with Crippen LogP contribution in [-0.4, -0.2) is 15.3 Å². The van der Waals surface area contributed by atoms with Crippen molar-refractivity contribution in [2.24, 2.45) is 0 Å². The zero-order valence-electron chi connectivity index (χ0n) is 9.00. The largest absolute Gasteiger partial charge is 0.294 e. The van der Waals surface area contributed by atoms with Crippen molar-refractivity contribution in [2.75, 3.05) is 6.54 Å². The quantitative estimate of drug-likeness (QED) is 0.840. The van der Waals surface area contributed by atoms with Gasteiger partial charge in [0.25, 0.3) is 0 Å². The lowest BCUT2D eigenvalue weighted by atomic mass is 9.95. The Balaban J connectivity index is 2.19. The minimum Gasteiger partial charge on any atom is -0.294 e. The highest BCUT2D eigenvalue weighted by atomic mass is 79.9. The fraction of sp³-hybridized carbons (Fsp3) is 0.455. The SMILES string of the molecule is Cc1cc(Br)cc(C2(CNS(=O)O)CC2)c1. The summed E-state index contributed by atoms with van der Waals surface area (Å²) in [7, 11) is 0. The normalized spacial score (nSPS) is 19.4. The number of rotatable bonds is 4. The molecule has 1 saturated carbocycles. The Morgan fingerprint density at radius 1 is 1.50 bits per heavy atom. The van der Waals surface area contributed by atoms with Crippen molar-refractivity contribution >= 4 is 27.2 Å². The van der Waals surface area contributed by atoms with E-state index in [9.17, 15) is 4.21 Å². The molecule has 0 spiro atoms. The lowest BCUT2D eigenvalue weighted by molar-refractivity contribution is 0.537. The van der Waals surface area contributed by atoms with Crippen molar-refractivity contribution in [1.82, 2.24) is 4.72 Å². The van der Waals surface area contributed by atoms with Crippen LogP contribution in [0.2, 0.25) is 0 Å². The first kappa shape index (κ1) is 12.2. The Morgan fingerprint density at radius 2 is 2.19 bits per heavy atom. The van der Waals surface area contributed by atoms with E-state index in [0.717, 1.165) is 17.3 Å². The van der Waals surface area contributed by atoms with E-state index in [4.69, 9.17) is 4.55 Å². The number of halogens is 1. The van der Waals surface area contributed by atoms with Gasteiger partial charge in [-0.05, 0) is 43.0 Å². The molecule has 0 bridgehead atoms. The van der Waals surface area contributed by atoms with Gasteiger partial charge < -0.3 is 0 Å². The third-order valence-electron chi connectivity index (χ3n) is 3.04. The molecule has 3 nitrogen and oxygen atoms in total. The van der Waals surface area contributed by atoms with Crippen LogP contribution < -0.4 is 4.72 Å². The fourth-order valence-electron chi connectivity index (χ4n) is 1.96. The molecule has 1 unspecified atom stereocenters. The van der Waals surface area contributed by atoms with Crippen LogP contribution in [0.4, 0.5) is 0 Å². The van der Waals surface area contributed by atoms with Crippen molar-refractivity contribution in [2.45, 2.75) is 25.2 Å². The van der Waals surface area contributed by atoms with Crippen LogP contribution in [0.5, 0.6) is 0 Å². The molecule has 0 aliphatic heterocycles. The second-order valence-corrected chi connectivity index (χ2v) is 6.07. The van der Waals surface area contributed by atoms with Gasteiger partial charge in [0.1, 0.15) is 0 Å². The summed E-state index contributed by atoms with van der Waals surface area (Å²) in [5, 5.41) is 0. The molecule has 0 saturated heterocycles. The smallest absolute Gasteiger partial charge is 0.231 e. The van der Waals surface area contributed by atoms with Gasteiger partial charge in [-0.15, -0.1) is 0 Å². The molecule has 88 valence electrons. The predicted molar refractivity (Wildman–Crippen MR) is 68.6 cm³/mol. The fourth-order valence-corrected chi connectivity index (χ4v) is 2.97. The molecule has 1 fully saturated rings. The van der Waals surface area contributed by atoms with E-state index < -0.39 is 11.3 Å². The van der Waals surface area contributed by atoms with Gasteiger partial charge in [0.2, 0.25) is 11.3 Å². The van der Waals surface area contributed by atoms with Crippen molar-refractivity contribution in [3.05, 3.63) is 33.8 Å². The maximum absolute atomic E-state index is 10.6. The summed E-state index contributed by atoms with van der Waals surface area (Å²) in [6.07, 6.45) is 2.15. The Labute approximate surface area is 106 Å². The molecule has 0 aromatic heterocycles. The molecule has 2 N–H and O–H groups in total. The summed E-state index contributed by atoms with van der Waals surface area (Å²) in [6, 6.07) is 6.32. The van der Waals surface area contributed by atoms with Gasteiger partial charge in [-0.25, -0.2) is 8.93 Å². The Morgan fingerprint density at radius 3 is 2.69 bits per heavy atom. The molecule has 1 atom stereocenters. The first-order chi connectivity index (χ1) is 7.52. The number of nitrogens with one attached hydrogen (secondary N) is 1. The minimum absolute atomic E-state index is 0.0624. The third-order valence-corrected chi connectivity index (χ3v) is 3.89. The third kappa shape index (κ3) is 2.71. The standard InChI is InChI=1S/C11H14BrNO2S/c1-8-4-9(6-10(12)5-8)11(2-3-11)7-13-16(14)15/h4-6,13H,2-3,7H2,1H3,(H,14,15). The van der Waals surface area contributed by atoms with Crippen molar-refractivity contribution < 1.29 is 8.76 Å². The molecule has 16 heavy (non-hydrogen) atoms. The molecule has 0 radical (unpaired) electrons. The summed E-state index contributed by atoms with van der Waals surface area (Å²) < 4.78 is 23.0. The molecule has 5 heteroatoms. The first-order valence-electron chi connectivity index (χ1n) is 5.14. The van der Waals surface area contributed by atoms with Gasteiger partial charge in [0, 0.05) is 16.4 Å². The second kappa shape index (κ2) is 4.56. The van der Waals surface area contributed by atoms with Crippen molar-refractivity contribution in [1.29, 1.82) is 0 Å². The predicted octanol–water partition coefficient (Wildman–Crippen LogP) is 2.52. The van der Waals surface area contributed by atoms with Crippen LogP contribution in [0, 0.1) is 6.92 Å². The Kier molecular flexibility index (Phi) is 3.49. The lowest BCUT2D eigenvalue weighted by Crippen LogP contribution is -2.28. The molecule has 1 aromatic carbocycles. The Hall–Kier alpha value is -0.230. The monoisotopic (exact) mass is 303 g/mol. The average molecular weight is 304 g/mol. The van der Waals surface area contributed by atoms with Crippen LogP contribution in [-0.2, 0) is 16.7 Å². The zero-order chi connectivity index (χ0) is 11.8. The van der Waals surface area contributed by atoms with Gasteiger partial charge in [-0.3, -0.25) is 4.55 Å². The second-order valence-electron chi connectivity index (χ2n) is 4.37. The highest BCUT2D eigenvalue weighted by molar-refractivity contribution is 9.10. The van der Waals surface area contributed by atoms with Crippen LogP contribution in [0.1, 0.15) is 24.0 Å². The Bertz CT molecular complexity index is 412. The van der Waals surface area contributed by atoms with E-state index in [1.807, 2.05) is 0 Å². The van der Waals surface area contributed by atoms with E-state index in [0.29, 0.717) is 6.54 Å². The lowest BCUT2D eigenvalue weighted by Gasteiger charge is -2.16. The first-order valence-corrected chi connectivity index (χ1v) is 7.04. The summed E-state index contributed by atoms with van der Waals surface area (Å²) in [5.74, 6) is 0. The van der Waals surface area contributed by atoms with Gasteiger partial charge in [0.15, 0.2) is 0 Å². The number of hydrogen-bond donors (Lipinski definition) is 2.